The van der Waals surface area contributed by atoms with Crippen LogP contribution >= 0.6 is 0 Å². The van der Waals surface area contributed by atoms with E-state index in [1.807, 2.05) is 36.6 Å². The third-order valence-corrected chi connectivity index (χ3v) is 4.90. The van der Waals surface area contributed by atoms with Crippen LogP contribution in [-0.4, -0.2) is 40.4 Å². The van der Waals surface area contributed by atoms with Crippen molar-refractivity contribution < 1.29 is 9.59 Å². The summed E-state index contributed by atoms with van der Waals surface area (Å²) in [5, 5.41) is 11.8. The molecule has 2 heterocycles. The Hall–Kier alpha value is -3.07. The zero-order chi connectivity index (χ0) is 18.8. The molecular formula is C20H22N4O2. The van der Waals surface area contributed by atoms with Crippen molar-refractivity contribution in [3.8, 4) is 11.8 Å². The normalized spacial score (nSPS) is 17.4. The van der Waals surface area contributed by atoms with Gasteiger partial charge >= 0.3 is 0 Å². The molecule has 0 bridgehead atoms. The Balaban J connectivity index is 1.97. The minimum Gasteiger partial charge on any atom is -0.354 e. The second-order valence-corrected chi connectivity index (χ2v) is 6.60. The lowest BCUT2D eigenvalue weighted by Crippen LogP contribution is -2.45. The number of hydrogen-bond acceptors (Lipinski definition) is 3. The molecule has 3 rings (SSSR count). The van der Waals surface area contributed by atoms with Gasteiger partial charge in [-0.25, -0.2) is 0 Å². The van der Waals surface area contributed by atoms with Gasteiger partial charge in [-0.15, -0.1) is 0 Å². The molecule has 1 aromatic carbocycles. The van der Waals surface area contributed by atoms with Crippen LogP contribution in [0.1, 0.15) is 40.7 Å². The maximum absolute atomic E-state index is 13.1. The van der Waals surface area contributed by atoms with E-state index in [1.54, 1.807) is 24.0 Å². The summed E-state index contributed by atoms with van der Waals surface area (Å²) >= 11 is 0. The fraction of sp³-hybridized carbons (Fsp3) is 0.350. The molecule has 26 heavy (non-hydrogen) atoms. The van der Waals surface area contributed by atoms with E-state index in [4.69, 9.17) is 5.26 Å². The van der Waals surface area contributed by atoms with Crippen molar-refractivity contribution >= 4 is 11.8 Å². The van der Waals surface area contributed by atoms with Crippen molar-refractivity contribution in [3.63, 3.8) is 0 Å². The average Bonchev–Trinajstić information content (AvgIpc) is 2.84. The van der Waals surface area contributed by atoms with Gasteiger partial charge in [-0.05, 0) is 57.5 Å². The Kier molecular flexibility index (Phi) is 4.81. The molecule has 1 fully saturated rings. The van der Waals surface area contributed by atoms with E-state index >= 15 is 0 Å². The maximum Gasteiger partial charge on any atom is 0.256 e. The van der Waals surface area contributed by atoms with Crippen LogP contribution in [0, 0.1) is 25.2 Å². The molecule has 134 valence electrons. The molecule has 1 atom stereocenters. The quantitative estimate of drug-likeness (QED) is 0.903. The lowest BCUT2D eigenvalue weighted by atomic mass is 10.1. The van der Waals surface area contributed by atoms with Crippen LogP contribution in [0.15, 0.2) is 30.3 Å². The summed E-state index contributed by atoms with van der Waals surface area (Å²) < 4.78 is 2.00. The predicted octanol–water partition coefficient (Wildman–Crippen LogP) is 2.32. The monoisotopic (exact) mass is 350 g/mol. The molecule has 0 radical (unpaired) electrons. The summed E-state index contributed by atoms with van der Waals surface area (Å²) in [7, 11) is 0. The van der Waals surface area contributed by atoms with Crippen molar-refractivity contribution in [2.75, 3.05) is 13.1 Å². The molecule has 2 amide bonds. The highest BCUT2D eigenvalue weighted by Gasteiger charge is 2.30. The number of rotatable bonds is 2. The van der Waals surface area contributed by atoms with Gasteiger partial charge in [-0.3, -0.25) is 9.59 Å². The number of benzene rings is 1. The first kappa shape index (κ1) is 17.7. The number of hydrogen-bond donors (Lipinski definition) is 1. The number of nitrogens with zero attached hydrogens (tertiary/aromatic N) is 3. The second-order valence-electron chi connectivity index (χ2n) is 6.60. The molecule has 1 aliphatic heterocycles. The van der Waals surface area contributed by atoms with Crippen LogP contribution < -0.4 is 5.32 Å². The molecule has 0 aliphatic carbocycles. The Morgan fingerprint density at radius 3 is 2.62 bits per heavy atom. The van der Waals surface area contributed by atoms with Crippen molar-refractivity contribution in [1.82, 2.24) is 14.8 Å². The fourth-order valence-corrected chi connectivity index (χ4v) is 3.44. The van der Waals surface area contributed by atoms with Crippen LogP contribution in [0.5, 0.6) is 0 Å². The first-order valence-electron chi connectivity index (χ1n) is 8.72. The molecule has 1 unspecified atom stereocenters. The topological polar surface area (TPSA) is 78.1 Å². The molecular weight excluding hydrogens is 328 g/mol. The van der Waals surface area contributed by atoms with Gasteiger partial charge < -0.3 is 14.8 Å². The molecule has 1 saturated heterocycles. The Bertz CT molecular complexity index is 890. The molecule has 1 N–H and O–H groups in total. The first-order chi connectivity index (χ1) is 12.4. The van der Waals surface area contributed by atoms with E-state index in [9.17, 15) is 9.59 Å². The Labute approximate surface area is 153 Å². The van der Waals surface area contributed by atoms with Gasteiger partial charge in [0.15, 0.2) is 0 Å². The number of aromatic nitrogens is 1. The molecule has 0 saturated carbocycles. The zero-order valence-electron chi connectivity index (χ0n) is 15.2. The Morgan fingerprint density at radius 2 is 1.96 bits per heavy atom. The van der Waals surface area contributed by atoms with E-state index in [0.717, 1.165) is 23.5 Å². The lowest BCUT2D eigenvalue weighted by Gasteiger charge is -2.25. The van der Waals surface area contributed by atoms with Gasteiger partial charge in [0.1, 0.15) is 6.04 Å². The lowest BCUT2D eigenvalue weighted by molar-refractivity contribution is -0.124. The Morgan fingerprint density at radius 1 is 1.27 bits per heavy atom. The zero-order valence-corrected chi connectivity index (χ0v) is 15.2. The number of carbonyl (C=O) groups excluding carboxylic acids is 2. The largest absolute Gasteiger partial charge is 0.354 e. The van der Waals surface area contributed by atoms with E-state index < -0.39 is 6.04 Å². The number of nitrogens with one attached hydrogen (secondary N) is 1. The highest BCUT2D eigenvalue weighted by molar-refractivity contribution is 5.99. The molecule has 0 spiro atoms. The third kappa shape index (κ3) is 3.08. The molecule has 2 aromatic rings. The predicted molar refractivity (Wildman–Crippen MR) is 98.1 cm³/mol. The third-order valence-electron chi connectivity index (χ3n) is 4.90. The fourth-order valence-electron chi connectivity index (χ4n) is 3.44. The number of aryl methyl sites for hydroxylation is 1. The van der Waals surface area contributed by atoms with Crippen molar-refractivity contribution in [2.45, 2.75) is 33.2 Å². The highest BCUT2D eigenvalue weighted by Crippen LogP contribution is 2.23. The van der Waals surface area contributed by atoms with E-state index in [2.05, 4.69) is 11.4 Å². The molecule has 1 aromatic heterocycles. The summed E-state index contributed by atoms with van der Waals surface area (Å²) in [6, 6.07) is 10.8. The summed E-state index contributed by atoms with van der Waals surface area (Å²) in [5.41, 5.74) is 3.86. The van der Waals surface area contributed by atoms with Crippen LogP contribution in [-0.2, 0) is 4.79 Å². The van der Waals surface area contributed by atoms with Crippen LogP contribution in [0.2, 0.25) is 0 Å². The van der Waals surface area contributed by atoms with Crippen LogP contribution in [0.4, 0.5) is 0 Å². The van der Waals surface area contributed by atoms with Crippen molar-refractivity contribution in [1.29, 1.82) is 5.26 Å². The SMILES string of the molecule is Cc1cc(C(=O)N2CCCNC(=O)C2C)c(C)n1-c1ccc(C#N)cc1. The van der Waals surface area contributed by atoms with Crippen LogP contribution in [0.25, 0.3) is 5.69 Å². The van der Waals surface area contributed by atoms with E-state index in [1.165, 1.54) is 0 Å². The van der Waals surface area contributed by atoms with Gasteiger partial charge in [-0.1, -0.05) is 0 Å². The van der Waals surface area contributed by atoms with E-state index in [-0.39, 0.29) is 11.8 Å². The van der Waals surface area contributed by atoms with Gasteiger partial charge in [0.25, 0.3) is 5.91 Å². The first-order valence-corrected chi connectivity index (χ1v) is 8.72. The van der Waals surface area contributed by atoms with Gasteiger partial charge in [-0.2, -0.15) is 5.26 Å². The maximum atomic E-state index is 13.1. The van der Waals surface area contributed by atoms with Gasteiger partial charge in [0, 0.05) is 30.2 Å². The number of nitriles is 1. The van der Waals surface area contributed by atoms with Crippen molar-refractivity contribution in [3.05, 3.63) is 52.8 Å². The minimum absolute atomic E-state index is 0.114. The summed E-state index contributed by atoms with van der Waals surface area (Å²) in [5.74, 6) is -0.237. The summed E-state index contributed by atoms with van der Waals surface area (Å²) in [6.45, 7) is 6.76. The second kappa shape index (κ2) is 7.04. The average molecular weight is 350 g/mol. The smallest absolute Gasteiger partial charge is 0.256 e. The standard InChI is InChI=1S/C20H22N4O2/c1-13-11-18(20(26)23-10-4-9-22-19(25)15(23)3)14(2)24(13)17-7-5-16(12-21)6-8-17/h5-8,11,15H,4,9-10H2,1-3H3,(H,22,25). The van der Waals surface area contributed by atoms with Gasteiger partial charge in [0.05, 0.1) is 17.2 Å². The summed E-state index contributed by atoms with van der Waals surface area (Å²) in [6.07, 6.45) is 0.746. The van der Waals surface area contributed by atoms with Gasteiger partial charge in [0.2, 0.25) is 5.91 Å². The summed E-state index contributed by atoms with van der Waals surface area (Å²) in [4.78, 5) is 26.8. The van der Waals surface area contributed by atoms with Crippen LogP contribution in [0.3, 0.4) is 0 Å². The minimum atomic E-state index is -0.483. The number of carbonyl (C=O) groups is 2. The molecule has 6 nitrogen and oxygen atoms in total. The molecule has 6 heteroatoms. The number of amides is 2. The van der Waals surface area contributed by atoms with E-state index in [0.29, 0.717) is 24.2 Å². The highest BCUT2D eigenvalue weighted by atomic mass is 16.2. The van der Waals surface area contributed by atoms with Crippen molar-refractivity contribution in [2.24, 2.45) is 0 Å². The molecule has 1 aliphatic rings.